The van der Waals surface area contributed by atoms with Crippen LogP contribution in [0.4, 0.5) is 5.82 Å². The van der Waals surface area contributed by atoms with Crippen LogP contribution in [0.3, 0.4) is 0 Å². The standard InChI is InChI=1S/C19H31N5/c1-15-22-17(16-4-2-8-21-13-16)12-18(23-15)24-11-3-5-19(14-24)6-9-20-10-7-19/h12,16,20-21H,2-11,13-14H2,1H3. The van der Waals surface area contributed by atoms with Crippen molar-refractivity contribution in [3.05, 3.63) is 17.6 Å². The molecule has 1 atom stereocenters. The highest BCUT2D eigenvalue weighted by Crippen LogP contribution is 2.39. The van der Waals surface area contributed by atoms with Gasteiger partial charge in [0.15, 0.2) is 0 Å². The highest BCUT2D eigenvalue weighted by Gasteiger charge is 2.37. The SMILES string of the molecule is Cc1nc(C2CCCNC2)cc(N2CCCC3(CCNCC3)C2)n1. The smallest absolute Gasteiger partial charge is 0.132 e. The molecule has 4 heterocycles. The summed E-state index contributed by atoms with van der Waals surface area (Å²) in [6.45, 7) is 8.93. The molecular weight excluding hydrogens is 298 g/mol. The zero-order valence-electron chi connectivity index (χ0n) is 15.0. The fraction of sp³-hybridized carbons (Fsp3) is 0.789. The van der Waals surface area contributed by atoms with Gasteiger partial charge in [-0.25, -0.2) is 9.97 Å². The van der Waals surface area contributed by atoms with Gasteiger partial charge in [-0.05, 0) is 70.5 Å². The fourth-order valence-electron chi connectivity index (χ4n) is 4.82. The first-order valence-electron chi connectivity index (χ1n) is 9.76. The lowest BCUT2D eigenvalue weighted by Crippen LogP contribution is -2.49. The van der Waals surface area contributed by atoms with Crippen molar-refractivity contribution in [1.82, 2.24) is 20.6 Å². The van der Waals surface area contributed by atoms with E-state index in [0.717, 1.165) is 25.5 Å². The van der Waals surface area contributed by atoms with Crippen molar-refractivity contribution >= 4 is 5.82 Å². The van der Waals surface area contributed by atoms with Crippen molar-refractivity contribution in [2.45, 2.75) is 51.4 Å². The molecular formula is C19H31N5. The van der Waals surface area contributed by atoms with Crippen LogP contribution in [0, 0.1) is 12.3 Å². The van der Waals surface area contributed by atoms with E-state index in [2.05, 4.69) is 21.6 Å². The van der Waals surface area contributed by atoms with E-state index < -0.39 is 0 Å². The minimum Gasteiger partial charge on any atom is -0.356 e. The van der Waals surface area contributed by atoms with E-state index in [1.807, 2.05) is 6.92 Å². The first kappa shape index (κ1) is 16.3. The summed E-state index contributed by atoms with van der Waals surface area (Å²) in [5.41, 5.74) is 1.75. The van der Waals surface area contributed by atoms with E-state index in [-0.39, 0.29) is 0 Å². The van der Waals surface area contributed by atoms with Gasteiger partial charge in [0.05, 0.1) is 5.69 Å². The van der Waals surface area contributed by atoms with Crippen LogP contribution in [-0.2, 0) is 0 Å². The van der Waals surface area contributed by atoms with E-state index in [0.29, 0.717) is 11.3 Å². The molecule has 4 rings (SSSR count). The zero-order chi connectivity index (χ0) is 16.4. The molecule has 0 saturated carbocycles. The molecule has 0 bridgehead atoms. The number of piperidine rings is 3. The van der Waals surface area contributed by atoms with Gasteiger partial charge in [0.25, 0.3) is 0 Å². The highest BCUT2D eigenvalue weighted by molar-refractivity contribution is 5.42. The number of anilines is 1. The Hall–Kier alpha value is -1.20. The van der Waals surface area contributed by atoms with Crippen LogP contribution < -0.4 is 15.5 Å². The Morgan fingerprint density at radius 1 is 1.08 bits per heavy atom. The van der Waals surface area contributed by atoms with Gasteiger partial charge in [0.2, 0.25) is 0 Å². The van der Waals surface area contributed by atoms with Gasteiger partial charge in [-0.3, -0.25) is 0 Å². The maximum atomic E-state index is 4.81. The van der Waals surface area contributed by atoms with Crippen molar-refractivity contribution in [2.24, 2.45) is 5.41 Å². The zero-order valence-corrected chi connectivity index (χ0v) is 15.0. The van der Waals surface area contributed by atoms with E-state index in [4.69, 9.17) is 9.97 Å². The van der Waals surface area contributed by atoms with Crippen LogP contribution in [-0.4, -0.2) is 49.2 Å². The summed E-state index contributed by atoms with van der Waals surface area (Å²) < 4.78 is 0. The van der Waals surface area contributed by atoms with Crippen molar-refractivity contribution in [1.29, 1.82) is 0 Å². The third kappa shape index (κ3) is 3.42. The second kappa shape index (κ2) is 6.96. The van der Waals surface area contributed by atoms with Gasteiger partial charge in [-0.2, -0.15) is 0 Å². The fourth-order valence-corrected chi connectivity index (χ4v) is 4.82. The molecule has 3 fully saturated rings. The lowest BCUT2D eigenvalue weighted by atomic mass is 9.73. The molecule has 2 N–H and O–H groups in total. The first-order valence-corrected chi connectivity index (χ1v) is 9.76. The number of rotatable bonds is 2. The average Bonchev–Trinajstić information content (AvgIpc) is 2.63. The molecule has 1 aromatic heterocycles. The average molecular weight is 329 g/mol. The Bertz CT molecular complexity index is 555. The lowest BCUT2D eigenvalue weighted by molar-refractivity contribution is 0.166. The summed E-state index contributed by atoms with van der Waals surface area (Å²) in [6, 6.07) is 2.28. The van der Waals surface area contributed by atoms with Crippen LogP contribution in [0.1, 0.15) is 56.0 Å². The van der Waals surface area contributed by atoms with E-state index >= 15 is 0 Å². The summed E-state index contributed by atoms with van der Waals surface area (Å²) in [5.74, 6) is 2.65. The van der Waals surface area contributed by atoms with Gasteiger partial charge in [0, 0.05) is 31.6 Å². The van der Waals surface area contributed by atoms with Gasteiger partial charge in [-0.15, -0.1) is 0 Å². The molecule has 3 saturated heterocycles. The third-order valence-electron chi connectivity index (χ3n) is 6.21. The molecule has 5 heteroatoms. The minimum absolute atomic E-state index is 0.509. The molecule has 1 aromatic rings. The van der Waals surface area contributed by atoms with Crippen molar-refractivity contribution < 1.29 is 0 Å². The molecule has 3 aliphatic heterocycles. The van der Waals surface area contributed by atoms with Gasteiger partial charge in [0.1, 0.15) is 11.6 Å². The Morgan fingerprint density at radius 2 is 1.96 bits per heavy atom. The number of aromatic nitrogens is 2. The summed E-state index contributed by atoms with van der Waals surface area (Å²) in [4.78, 5) is 12.1. The number of nitrogens with zero attached hydrogens (tertiary/aromatic N) is 3. The first-order chi connectivity index (χ1) is 11.7. The Kier molecular flexibility index (Phi) is 4.72. The summed E-state index contributed by atoms with van der Waals surface area (Å²) >= 11 is 0. The third-order valence-corrected chi connectivity index (χ3v) is 6.21. The molecule has 0 radical (unpaired) electrons. The predicted molar refractivity (Wildman–Crippen MR) is 97.6 cm³/mol. The molecule has 5 nitrogen and oxygen atoms in total. The Balaban J connectivity index is 1.55. The van der Waals surface area contributed by atoms with Gasteiger partial charge < -0.3 is 15.5 Å². The monoisotopic (exact) mass is 329 g/mol. The Labute approximate surface area is 145 Å². The Morgan fingerprint density at radius 3 is 2.75 bits per heavy atom. The van der Waals surface area contributed by atoms with Crippen LogP contribution in [0.15, 0.2) is 6.07 Å². The highest BCUT2D eigenvalue weighted by atomic mass is 15.2. The molecule has 1 spiro atoms. The molecule has 0 amide bonds. The van der Waals surface area contributed by atoms with E-state index in [9.17, 15) is 0 Å². The second-order valence-electron chi connectivity index (χ2n) is 8.02. The summed E-state index contributed by atoms with van der Waals surface area (Å²) in [7, 11) is 0. The maximum Gasteiger partial charge on any atom is 0.132 e. The predicted octanol–water partition coefficient (Wildman–Crippen LogP) is 2.22. The normalized spacial score (nSPS) is 27.4. The van der Waals surface area contributed by atoms with Crippen molar-refractivity contribution in [3.63, 3.8) is 0 Å². The molecule has 0 aromatic carbocycles. The lowest BCUT2D eigenvalue weighted by Gasteiger charge is -2.46. The number of nitrogens with one attached hydrogen (secondary N) is 2. The van der Waals surface area contributed by atoms with E-state index in [1.54, 1.807) is 0 Å². The van der Waals surface area contributed by atoms with Crippen LogP contribution in [0.2, 0.25) is 0 Å². The van der Waals surface area contributed by atoms with Gasteiger partial charge in [-0.1, -0.05) is 0 Å². The molecule has 132 valence electrons. The van der Waals surface area contributed by atoms with Crippen LogP contribution >= 0.6 is 0 Å². The molecule has 1 unspecified atom stereocenters. The van der Waals surface area contributed by atoms with E-state index in [1.165, 1.54) is 69.7 Å². The molecule has 24 heavy (non-hydrogen) atoms. The number of aryl methyl sites for hydroxylation is 1. The van der Waals surface area contributed by atoms with Crippen molar-refractivity contribution in [3.8, 4) is 0 Å². The number of hydrogen-bond acceptors (Lipinski definition) is 5. The largest absolute Gasteiger partial charge is 0.356 e. The molecule has 0 aliphatic carbocycles. The van der Waals surface area contributed by atoms with Crippen molar-refractivity contribution in [2.75, 3.05) is 44.2 Å². The second-order valence-corrected chi connectivity index (χ2v) is 8.02. The van der Waals surface area contributed by atoms with Crippen LogP contribution in [0.25, 0.3) is 0 Å². The summed E-state index contributed by atoms with van der Waals surface area (Å²) in [6.07, 6.45) is 7.80. The quantitative estimate of drug-likeness (QED) is 0.871. The topological polar surface area (TPSA) is 53.1 Å². The van der Waals surface area contributed by atoms with Gasteiger partial charge >= 0.3 is 0 Å². The molecule has 3 aliphatic rings. The van der Waals surface area contributed by atoms with Crippen LogP contribution in [0.5, 0.6) is 0 Å². The number of hydrogen-bond donors (Lipinski definition) is 2. The maximum absolute atomic E-state index is 4.81. The minimum atomic E-state index is 0.509. The summed E-state index contributed by atoms with van der Waals surface area (Å²) in [5, 5.41) is 7.04.